The van der Waals surface area contributed by atoms with Gasteiger partial charge in [0.15, 0.2) is 12.1 Å². The first-order valence-corrected chi connectivity index (χ1v) is 8.17. The molecule has 0 amide bonds. The second-order valence-electron chi connectivity index (χ2n) is 6.41. The van der Waals surface area contributed by atoms with Gasteiger partial charge in [0.25, 0.3) is 0 Å². The first-order valence-electron chi connectivity index (χ1n) is 8.17. The van der Waals surface area contributed by atoms with Gasteiger partial charge >= 0.3 is 0 Å². The lowest BCUT2D eigenvalue weighted by Gasteiger charge is -2.21. The van der Waals surface area contributed by atoms with Crippen LogP contribution in [-0.4, -0.2) is 39.4 Å². The highest BCUT2D eigenvalue weighted by Gasteiger charge is 2.39. The molecule has 0 saturated carbocycles. The number of hydrogen-bond donors (Lipinski definition) is 3. The summed E-state index contributed by atoms with van der Waals surface area (Å²) in [7, 11) is 0. The van der Waals surface area contributed by atoms with E-state index in [1.54, 1.807) is 0 Å². The minimum absolute atomic E-state index is 0.0366. The molecule has 24 heavy (non-hydrogen) atoms. The third-order valence-corrected chi connectivity index (χ3v) is 4.37. The topological polar surface area (TPSA) is 99.5 Å². The van der Waals surface area contributed by atoms with Gasteiger partial charge in [0, 0.05) is 18.9 Å². The zero-order valence-electron chi connectivity index (χ0n) is 13.5. The summed E-state index contributed by atoms with van der Waals surface area (Å²) in [6, 6.07) is 2.49. The molecule has 3 N–H and O–H groups in total. The molecule has 0 aliphatic carbocycles. The molecule has 1 aromatic carbocycles. The van der Waals surface area contributed by atoms with Crippen molar-refractivity contribution >= 4 is 5.78 Å². The largest absolute Gasteiger partial charge is 0.508 e. The molecule has 0 aromatic heterocycles. The summed E-state index contributed by atoms with van der Waals surface area (Å²) < 4.78 is 11.2. The van der Waals surface area contributed by atoms with Crippen molar-refractivity contribution in [1.29, 1.82) is 0 Å². The summed E-state index contributed by atoms with van der Waals surface area (Å²) in [6.07, 6.45) is 4.14. The van der Waals surface area contributed by atoms with Gasteiger partial charge < -0.3 is 24.8 Å². The summed E-state index contributed by atoms with van der Waals surface area (Å²) >= 11 is 0. The molecule has 0 spiro atoms. The second kappa shape index (κ2) is 6.93. The number of aliphatic hydroxyl groups is 1. The third-order valence-electron chi connectivity index (χ3n) is 4.37. The van der Waals surface area contributed by atoms with Crippen molar-refractivity contribution in [2.24, 2.45) is 0 Å². The van der Waals surface area contributed by atoms with Gasteiger partial charge in [-0.05, 0) is 37.5 Å². The van der Waals surface area contributed by atoms with Crippen LogP contribution in [0.5, 0.6) is 11.5 Å². The molecule has 2 aliphatic rings. The molecule has 1 aromatic rings. The maximum atomic E-state index is 12.1. The third kappa shape index (κ3) is 3.95. The van der Waals surface area contributed by atoms with E-state index >= 15 is 0 Å². The predicted molar refractivity (Wildman–Crippen MR) is 85.6 cm³/mol. The zero-order valence-corrected chi connectivity index (χ0v) is 13.5. The number of carbonyl (C=O) groups excluding carboxylic acids is 1. The number of phenols is 2. The maximum absolute atomic E-state index is 12.1. The highest BCUT2D eigenvalue weighted by Crippen LogP contribution is 2.36. The lowest BCUT2D eigenvalue weighted by Crippen LogP contribution is -2.18. The van der Waals surface area contributed by atoms with Crippen molar-refractivity contribution < 1.29 is 29.6 Å². The molecule has 2 aliphatic heterocycles. The number of hydrogen-bond acceptors (Lipinski definition) is 6. The van der Waals surface area contributed by atoms with Crippen LogP contribution in [0.2, 0.25) is 0 Å². The van der Waals surface area contributed by atoms with Gasteiger partial charge in [-0.25, -0.2) is 0 Å². The minimum Gasteiger partial charge on any atom is -0.508 e. The van der Waals surface area contributed by atoms with Crippen LogP contribution in [0.25, 0.3) is 0 Å². The van der Waals surface area contributed by atoms with Gasteiger partial charge in [-0.3, -0.25) is 4.79 Å². The van der Waals surface area contributed by atoms with Crippen LogP contribution in [0.3, 0.4) is 0 Å². The average molecular weight is 334 g/mol. The minimum atomic E-state index is -1.38. The summed E-state index contributed by atoms with van der Waals surface area (Å²) in [6.45, 7) is 1.83. The van der Waals surface area contributed by atoms with Gasteiger partial charge in [0.2, 0.25) is 0 Å². The smallest absolute Gasteiger partial charge is 0.185 e. The summed E-state index contributed by atoms with van der Waals surface area (Å²) in [5.41, 5.74) is 0.464. The van der Waals surface area contributed by atoms with Gasteiger partial charge in [0.05, 0.1) is 23.9 Å². The first kappa shape index (κ1) is 17.0. The van der Waals surface area contributed by atoms with Crippen molar-refractivity contribution in [2.75, 3.05) is 0 Å². The molecule has 1 saturated heterocycles. The van der Waals surface area contributed by atoms with Crippen molar-refractivity contribution in [1.82, 2.24) is 0 Å². The summed E-state index contributed by atoms with van der Waals surface area (Å²) in [5.74, 6) is -0.639. The van der Waals surface area contributed by atoms with Crippen LogP contribution in [0.15, 0.2) is 24.3 Å². The van der Waals surface area contributed by atoms with Crippen molar-refractivity contribution in [3.63, 3.8) is 0 Å². The number of fused-ring (bicyclic) bond motifs is 2. The van der Waals surface area contributed by atoms with E-state index in [0.29, 0.717) is 12.0 Å². The second-order valence-corrected chi connectivity index (χ2v) is 6.41. The van der Waals surface area contributed by atoms with Crippen LogP contribution in [-0.2, 0) is 20.7 Å². The molecule has 130 valence electrons. The number of epoxide rings is 1. The number of ether oxygens (including phenoxy) is 2. The Morgan fingerprint density at radius 2 is 1.96 bits per heavy atom. The van der Waals surface area contributed by atoms with Gasteiger partial charge in [-0.15, -0.1) is 0 Å². The molecule has 4 atom stereocenters. The quantitative estimate of drug-likeness (QED) is 0.629. The summed E-state index contributed by atoms with van der Waals surface area (Å²) in [4.78, 5) is 12.1. The molecule has 3 rings (SSSR count). The Balaban J connectivity index is 1.90. The summed E-state index contributed by atoms with van der Waals surface area (Å²) in [5, 5.41) is 30.1. The Bertz CT molecular complexity index is 653. The molecule has 1 fully saturated rings. The monoisotopic (exact) mass is 334 g/mol. The normalized spacial score (nSPS) is 32.3. The Kier molecular flexibility index (Phi) is 4.89. The highest BCUT2D eigenvalue weighted by molar-refractivity contribution is 5.91. The van der Waals surface area contributed by atoms with E-state index in [-0.39, 0.29) is 47.6 Å². The highest BCUT2D eigenvalue weighted by atomic mass is 16.6. The van der Waals surface area contributed by atoms with E-state index < -0.39 is 6.29 Å². The Morgan fingerprint density at radius 1 is 1.17 bits per heavy atom. The number of aliphatic hydroxyl groups excluding tert-OH is 1. The molecule has 0 radical (unpaired) electrons. The number of allylic oxidation sites excluding steroid dienone is 2. The predicted octanol–water partition coefficient (Wildman–Crippen LogP) is 2.11. The van der Waals surface area contributed by atoms with Crippen molar-refractivity contribution in [3.05, 3.63) is 35.4 Å². The number of aromatic hydroxyl groups is 2. The first-order chi connectivity index (χ1) is 11.4. The van der Waals surface area contributed by atoms with E-state index in [1.165, 1.54) is 12.1 Å². The number of ketones is 1. The van der Waals surface area contributed by atoms with Gasteiger partial charge in [-0.1, -0.05) is 6.08 Å². The van der Waals surface area contributed by atoms with Gasteiger partial charge in [0.1, 0.15) is 11.5 Å². The van der Waals surface area contributed by atoms with Crippen LogP contribution in [0.1, 0.15) is 43.6 Å². The molecular formula is C18H22O6. The molecule has 2 heterocycles. The van der Waals surface area contributed by atoms with Crippen LogP contribution in [0.4, 0.5) is 0 Å². The van der Waals surface area contributed by atoms with Gasteiger partial charge in [-0.2, -0.15) is 0 Å². The standard InChI is InChI=1S/C18H22O6/c1-10-6-16-15(24-16)5-3-2-4-12(19)7-11-8-13(20)9-14(21)17(11)18(22)23-10/h2,4,8-10,15-16,18,20-22H,3,5-7H2,1H3/b4-2+/t10-,15+,16-,18?/m0/s1. The number of benzene rings is 1. The van der Waals surface area contributed by atoms with Crippen LogP contribution < -0.4 is 0 Å². The number of phenolic OH excluding ortho intramolecular Hbond substituents is 2. The van der Waals surface area contributed by atoms with E-state index in [1.807, 2.05) is 13.0 Å². The molecule has 6 nitrogen and oxygen atoms in total. The SMILES string of the molecule is C[C@H]1C[C@@H]2O[C@@H]2CC/C=C/C(=O)Cc2cc(O)cc(O)c2C(O)O1. The van der Waals surface area contributed by atoms with Crippen molar-refractivity contribution in [2.45, 2.75) is 57.2 Å². The van der Waals surface area contributed by atoms with Crippen LogP contribution >= 0.6 is 0 Å². The number of rotatable bonds is 0. The molecule has 1 unspecified atom stereocenters. The molecule has 6 heteroatoms. The fourth-order valence-corrected chi connectivity index (χ4v) is 3.14. The Morgan fingerprint density at radius 3 is 2.75 bits per heavy atom. The van der Waals surface area contributed by atoms with E-state index in [0.717, 1.165) is 18.9 Å². The fraction of sp³-hybridized carbons (Fsp3) is 0.500. The number of carbonyl (C=O) groups is 1. The molecular weight excluding hydrogens is 312 g/mol. The fourth-order valence-electron chi connectivity index (χ4n) is 3.14. The lowest BCUT2D eigenvalue weighted by atomic mass is 9.99. The van der Waals surface area contributed by atoms with Crippen LogP contribution in [0, 0.1) is 0 Å². The van der Waals surface area contributed by atoms with E-state index in [9.17, 15) is 20.1 Å². The van der Waals surface area contributed by atoms with E-state index in [2.05, 4.69) is 0 Å². The lowest BCUT2D eigenvalue weighted by molar-refractivity contribution is -0.138. The molecule has 0 bridgehead atoms. The maximum Gasteiger partial charge on any atom is 0.185 e. The van der Waals surface area contributed by atoms with E-state index in [4.69, 9.17) is 9.47 Å². The Labute approximate surface area is 140 Å². The zero-order chi connectivity index (χ0) is 17.3. The average Bonchev–Trinajstić information content (AvgIpc) is 3.19. The van der Waals surface area contributed by atoms with Crippen molar-refractivity contribution in [3.8, 4) is 11.5 Å². The Hall–Kier alpha value is -1.89.